The lowest BCUT2D eigenvalue weighted by molar-refractivity contribution is -0.140. The summed E-state index contributed by atoms with van der Waals surface area (Å²) in [5.41, 5.74) is 1.12. The molecular formula is C34H33Cl3FN3O4S. The van der Waals surface area contributed by atoms with Crippen molar-refractivity contribution in [3.8, 4) is 0 Å². The molecule has 4 rings (SSSR count). The minimum Gasteiger partial charge on any atom is -0.354 e. The van der Waals surface area contributed by atoms with E-state index in [1.54, 1.807) is 36.4 Å². The molecule has 0 saturated carbocycles. The second-order valence-electron chi connectivity index (χ2n) is 11.0. The third kappa shape index (κ3) is 8.79. The SMILES string of the molecule is CC(C)CNC(=O)[C@H](Cc1ccccc1)N(Cc1c(Cl)cccc1Cl)C(=O)CN(c1ccc(F)c(Cl)c1)S(=O)(=O)c1ccccc1. The Balaban J connectivity index is 1.84. The van der Waals surface area contributed by atoms with E-state index in [0.29, 0.717) is 12.1 Å². The van der Waals surface area contributed by atoms with Crippen LogP contribution in [0.15, 0.2) is 102 Å². The average Bonchev–Trinajstić information content (AvgIpc) is 3.03. The molecule has 46 heavy (non-hydrogen) atoms. The van der Waals surface area contributed by atoms with E-state index in [9.17, 15) is 22.4 Å². The van der Waals surface area contributed by atoms with Crippen LogP contribution in [0.4, 0.5) is 10.1 Å². The molecule has 0 fully saturated rings. The van der Waals surface area contributed by atoms with Crippen LogP contribution in [-0.4, -0.2) is 44.3 Å². The molecule has 4 aromatic carbocycles. The number of amides is 2. The van der Waals surface area contributed by atoms with E-state index in [2.05, 4.69) is 5.32 Å². The van der Waals surface area contributed by atoms with Crippen molar-refractivity contribution in [1.29, 1.82) is 0 Å². The lowest BCUT2D eigenvalue weighted by Gasteiger charge is -2.34. The first-order valence-corrected chi connectivity index (χ1v) is 17.0. The maximum Gasteiger partial charge on any atom is 0.264 e. The van der Waals surface area contributed by atoms with Gasteiger partial charge in [0.1, 0.15) is 18.4 Å². The number of hydrogen-bond donors (Lipinski definition) is 1. The highest BCUT2D eigenvalue weighted by molar-refractivity contribution is 7.92. The number of hydrogen-bond acceptors (Lipinski definition) is 4. The van der Waals surface area contributed by atoms with Gasteiger partial charge < -0.3 is 10.2 Å². The number of anilines is 1. The summed E-state index contributed by atoms with van der Waals surface area (Å²) in [4.78, 5) is 29.5. The summed E-state index contributed by atoms with van der Waals surface area (Å²) in [7, 11) is -4.38. The van der Waals surface area contributed by atoms with Crippen molar-refractivity contribution in [2.24, 2.45) is 5.92 Å². The topological polar surface area (TPSA) is 86.8 Å². The molecule has 2 amide bonds. The van der Waals surface area contributed by atoms with E-state index in [-0.39, 0.29) is 44.5 Å². The monoisotopic (exact) mass is 703 g/mol. The summed E-state index contributed by atoms with van der Waals surface area (Å²) < 4.78 is 43.1. The number of halogens is 4. The van der Waals surface area contributed by atoms with Crippen LogP contribution in [0.2, 0.25) is 15.1 Å². The molecule has 0 saturated heterocycles. The van der Waals surface area contributed by atoms with Gasteiger partial charge in [0.05, 0.1) is 15.6 Å². The van der Waals surface area contributed by atoms with Gasteiger partial charge >= 0.3 is 0 Å². The molecule has 242 valence electrons. The van der Waals surface area contributed by atoms with Crippen molar-refractivity contribution in [2.45, 2.75) is 37.8 Å². The molecular weight excluding hydrogens is 672 g/mol. The third-order valence-electron chi connectivity index (χ3n) is 7.15. The second kappa shape index (κ2) is 15.8. The smallest absolute Gasteiger partial charge is 0.264 e. The number of benzene rings is 4. The van der Waals surface area contributed by atoms with E-state index in [1.807, 2.05) is 44.2 Å². The Morgan fingerprint density at radius 3 is 2.02 bits per heavy atom. The van der Waals surface area contributed by atoms with E-state index < -0.39 is 40.2 Å². The highest BCUT2D eigenvalue weighted by Gasteiger charge is 2.35. The Hall–Kier alpha value is -3.63. The van der Waals surface area contributed by atoms with Crippen LogP contribution in [0.25, 0.3) is 0 Å². The van der Waals surface area contributed by atoms with E-state index in [4.69, 9.17) is 34.8 Å². The molecule has 4 aromatic rings. The number of sulfonamides is 1. The lowest BCUT2D eigenvalue weighted by Crippen LogP contribution is -2.53. The van der Waals surface area contributed by atoms with Crippen molar-refractivity contribution in [1.82, 2.24) is 10.2 Å². The molecule has 0 aliphatic carbocycles. The number of carbonyl (C=O) groups excluding carboxylic acids is 2. The minimum atomic E-state index is -4.38. The zero-order chi connectivity index (χ0) is 33.4. The maximum absolute atomic E-state index is 14.5. The number of nitrogens with zero attached hydrogens (tertiary/aromatic N) is 2. The van der Waals surface area contributed by atoms with Gasteiger partial charge in [0.2, 0.25) is 11.8 Å². The average molecular weight is 705 g/mol. The Morgan fingerprint density at radius 2 is 1.43 bits per heavy atom. The molecule has 1 atom stereocenters. The zero-order valence-electron chi connectivity index (χ0n) is 25.2. The van der Waals surface area contributed by atoms with Crippen LogP contribution < -0.4 is 9.62 Å². The quantitative estimate of drug-likeness (QED) is 0.157. The van der Waals surface area contributed by atoms with Gasteiger partial charge in [-0.2, -0.15) is 0 Å². The molecule has 12 heteroatoms. The molecule has 0 radical (unpaired) electrons. The van der Waals surface area contributed by atoms with Gasteiger partial charge in [-0.15, -0.1) is 0 Å². The Bertz CT molecular complexity index is 1760. The number of carbonyl (C=O) groups is 2. The van der Waals surface area contributed by atoms with Crippen LogP contribution in [-0.2, 0) is 32.6 Å². The van der Waals surface area contributed by atoms with Gasteiger partial charge in [-0.05, 0) is 53.9 Å². The van der Waals surface area contributed by atoms with Gasteiger partial charge in [0, 0.05) is 35.1 Å². The molecule has 0 spiro atoms. The van der Waals surface area contributed by atoms with Crippen molar-refractivity contribution in [2.75, 3.05) is 17.4 Å². The lowest BCUT2D eigenvalue weighted by atomic mass is 10.0. The van der Waals surface area contributed by atoms with Crippen LogP contribution in [0.5, 0.6) is 0 Å². The van der Waals surface area contributed by atoms with Gasteiger partial charge in [0.15, 0.2) is 0 Å². The molecule has 7 nitrogen and oxygen atoms in total. The van der Waals surface area contributed by atoms with Crippen molar-refractivity contribution in [3.05, 3.63) is 129 Å². The summed E-state index contributed by atoms with van der Waals surface area (Å²) in [6, 6.07) is 23.8. The molecule has 1 N–H and O–H groups in total. The van der Waals surface area contributed by atoms with Gasteiger partial charge in [0.25, 0.3) is 10.0 Å². The molecule has 0 aromatic heterocycles. The summed E-state index contributed by atoms with van der Waals surface area (Å²) in [5, 5.41) is 3.13. The fourth-order valence-electron chi connectivity index (χ4n) is 4.72. The standard InChI is InChI=1S/C34H33Cl3FN3O4S/c1-23(2)20-39-34(43)32(18-24-10-5-3-6-11-24)40(21-27-28(35)14-9-15-29(27)36)33(42)22-41(25-16-17-31(38)30(37)19-25)46(44,45)26-12-7-4-8-13-26/h3-17,19,23,32H,18,20-22H2,1-2H3,(H,39,43)/t32-/m0/s1. The summed E-state index contributed by atoms with van der Waals surface area (Å²) in [5.74, 6) is -1.79. The van der Waals surface area contributed by atoms with Crippen LogP contribution in [0, 0.1) is 11.7 Å². The van der Waals surface area contributed by atoms with E-state index in [0.717, 1.165) is 22.0 Å². The summed E-state index contributed by atoms with van der Waals surface area (Å²) >= 11 is 19.1. The Kier molecular flexibility index (Phi) is 12.1. The maximum atomic E-state index is 14.5. The van der Waals surface area contributed by atoms with Crippen LogP contribution >= 0.6 is 34.8 Å². The number of nitrogens with one attached hydrogen (secondary N) is 1. The summed E-state index contributed by atoms with van der Waals surface area (Å²) in [6.07, 6.45) is 0.117. The van der Waals surface area contributed by atoms with Crippen molar-refractivity contribution in [3.63, 3.8) is 0 Å². The normalized spacial score (nSPS) is 12.1. The Labute approximate surface area is 283 Å². The first kappa shape index (κ1) is 35.2. The first-order valence-electron chi connectivity index (χ1n) is 14.4. The van der Waals surface area contributed by atoms with E-state index in [1.165, 1.54) is 23.1 Å². The largest absolute Gasteiger partial charge is 0.354 e. The third-order valence-corrected chi connectivity index (χ3v) is 9.93. The molecule has 0 aliphatic rings. The summed E-state index contributed by atoms with van der Waals surface area (Å²) in [6.45, 7) is 3.29. The molecule has 0 heterocycles. The highest BCUT2D eigenvalue weighted by Crippen LogP contribution is 2.30. The molecule has 0 aliphatic heterocycles. The highest BCUT2D eigenvalue weighted by atomic mass is 35.5. The van der Waals surface area contributed by atoms with Gasteiger partial charge in [-0.25, -0.2) is 12.8 Å². The van der Waals surface area contributed by atoms with Gasteiger partial charge in [-0.1, -0.05) is 103 Å². The van der Waals surface area contributed by atoms with E-state index >= 15 is 0 Å². The molecule has 0 bridgehead atoms. The first-order chi connectivity index (χ1) is 21.9. The predicted molar refractivity (Wildman–Crippen MR) is 181 cm³/mol. The fourth-order valence-corrected chi connectivity index (χ4v) is 6.84. The van der Waals surface area contributed by atoms with Crippen LogP contribution in [0.3, 0.4) is 0 Å². The van der Waals surface area contributed by atoms with Gasteiger partial charge in [-0.3, -0.25) is 13.9 Å². The predicted octanol–water partition coefficient (Wildman–Crippen LogP) is 7.39. The molecule has 0 unspecified atom stereocenters. The van der Waals surface area contributed by atoms with Crippen molar-refractivity contribution < 1.29 is 22.4 Å². The zero-order valence-corrected chi connectivity index (χ0v) is 28.3. The van der Waals surface area contributed by atoms with Crippen LogP contribution in [0.1, 0.15) is 25.0 Å². The van der Waals surface area contributed by atoms with Crippen molar-refractivity contribution >= 4 is 62.3 Å². The fraction of sp³-hybridized carbons (Fsp3) is 0.235. The minimum absolute atomic E-state index is 0.0387. The Morgan fingerprint density at radius 1 is 0.826 bits per heavy atom. The number of rotatable bonds is 13. The second-order valence-corrected chi connectivity index (χ2v) is 14.1.